The maximum absolute atomic E-state index is 12.8. The van der Waals surface area contributed by atoms with Crippen LogP contribution in [0.1, 0.15) is 24.5 Å². The second-order valence-electron chi connectivity index (χ2n) is 5.06. The van der Waals surface area contributed by atoms with Crippen LogP contribution in [0.3, 0.4) is 0 Å². The molecule has 110 valence electrons. The minimum absolute atomic E-state index is 0.171. The Kier molecular flexibility index (Phi) is 4.69. The van der Waals surface area contributed by atoms with E-state index in [0.717, 1.165) is 17.6 Å². The molecule has 1 aromatic rings. The first-order valence-electron chi connectivity index (χ1n) is 6.42. The van der Waals surface area contributed by atoms with Crippen LogP contribution in [0.4, 0.5) is 0 Å². The van der Waals surface area contributed by atoms with Gasteiger partial charge in [-0.15, -0.1) is 0 Å². The summed E-state index contributed by atoms with van der Waals surface area (Å²) in [5.74, 6) is 0. The van der Waals surface area contributed by atoms with Gasteiger partial charge >= 0.3 is 0 Å². The van der Waals surface area contributed by atoms with E-state index in [-0.39, 0.29) is 11.5 Å². The first kappa shape index (κ1) is 15.7. The van der Waals surface area contributed by atoms with Crippen molar-refractivity contribution in [2.75, 3.05) is 13.1 Å². The highest BCUT2D eigenvalue weighted by molar-refractivity contribution is 9.10. The van der Waals surface area contributed by atoms with Gasteiger partial charge in [-0.05, 0) is 53.4 Å². The quantitative estimate of drug-likeness (QED) is 0.843. The number of sulfonamides is 1. The van der Waals surface area contributed by atoms with Gasteiger partial charge in [0.2, 0.25) is 10.0 Å². The second-order valence-corrected chi connectivity index (χ2v) is 7.76. The van der Waals surface area contributed by atoms with Gasteiger partial charge in [0.1, 0.15) is 0 Å². The van der Waals surface area contributed by atoms with Crippen molar-refractivity contribution in [3.63, 3.8) is 0 Å². The van der Waals surface area contributed by atoms with Gasteiger partial charge in [0.05, 0.1) is 11.5 Å². The molecule has 0 saturated carbocycles. The largest absolute Gasteiger partial charge is 0.392 e. The summed E-state index contributed by atoms with van der Waals surface area (Å²) in [6.45, 7) is 4.51. The zero-order chi connectivity index (χ0) is 14.9. The van der Waals surface area contributed by atoms with Crippen molar-refractivity contribution in [2.45, 2.75) is 31.8 Å². The van der Waals surface area contributed by atoms with Gasteiger partial charge in [-0.1, -0.05) is 17.7 Å². The molecule has 0 radical (unpaired) electrons. The first-order valence-corrected chi connectivity index (χ1v) is 8.65. The Morgan fingerprint density at radius 1 is 1.35 bits per heavy atom. The molecule has 0 bridgehead atoms. The molecule has 20 heavy (non-hydrogen) atoms. The molecule has 0 fully saturated rings. The fraction of sp³-hybridized carbons (Fsp3) is 0.429. The molecule has 4 nitrogen and oxygen atoms in total. The van der Waals surface area contributed by atoms with Crippen LogP contribution in [-0.4, -0.2) is 30.9 Å². The molecule has 1 aromatic carbocycles. The summed E-state index contributed by atoms with van der Waals surface area (Å²) in [5.41, 5.74) is 2.47. The van der Waals surface area contributed by atoms with Gasteiger partial charge < -0.3 is 5.11 Å². The highest BCUT2D eigenvalue weighted by Gasteiger charge is 2.28. The van der Waals surface area contributed by atoms with Crippen molar-refractivity contribution in [1.29, 1.82) is 0 Å². The minimum Gasteiger partial charge on any atom is -0.392 e. The molecule has 6 heteroatoms. The summed E-state index contributed by atoms with van der Waals surface area (Å²) >= 11 is 3.36. The number of hydrogen-bond donors (Lipinski definition) is 1. The molecule has 0 spiro atoms. The SMILES string of the molecule is CC1=CCCN(S(=O)(=O)c2cc(CO)cc(C)c2Br)C1. The molecular formula is C14H18BrNO3S. The third kappa shape index (κ3) is 2.98. The van der Waals surface area contributed by atoms with Crippen molar-refractivity contribution in [3.8, 4) is 0 Å². The Hall–Kier alpha value is -0.690. The van der Waals surface area contributed by atoms with Crippen LogP contribution >= 0.6 is 15.9 Å². The lowest BCUT2D eigenvalue weighted by Crippen LogP contribution is -2.35. The molecule has 2 rings (SSSR count). The highest BCUT2D eigenvalue weighted by atomic mass is 79.9. The average Bonchev–Trinajstić information content (AvgIpc) is 2.41. The maximum atomic E-state index is 12.8. The molecule has 1 aliphatic heterocycles. The van der Waals surface area contributed by atoms with Crippen LogP contribution in [0, 0.1) is 6.92 Å². The van der Waals surface area contributed by atoms with Crippen LogP contribution in [0.15, 0.2) is 33.2 Å². The lowest BCUT2D eigenvalue weighted by molar-refractivity contribution is 0.281. The average molecular weight is 360 g/mol. The third-order valence-corrected chi connectivity index (χ3v) is 6.56. The molecule has 0 unspecified atom stereocenters. The fourth-order valence-corrected chi connectivity index (χ4v) is 4.84. The fourth-order valence-electron chi connectivity index (χ4n) is 2.31. The van der Waals surface area contributed by atoms with Crippen LogP contribution in [0.25, 0.3) is 0 Å². The normalized spacial score (nSPS) is 17.1. The number of halogens is 1. The summed E-state index contributed by atoms with van der Waals surface area (Å²) in [7, 11) is -3.55. The highest BCUT2D eigenvalue weighted by Crippen LogP contribution is 2.30. The zero-order valence-electron chi connectivity index (χ0n) is 11.6. The topological polar surface area (TPSA) is 57.6 Å². The van der Waals surface area contributed by atoms with E-state index >= 15 is 0 Å². The molecule has 0 atom stereocenters. The van der Waals surface area contributed by atoms with E-state index in [1.807, 2.05) is 13.8 Å². The number of aliphatic hydroxyl groups is 1. The molecule has 0 saturated heterocycles. The molecule has 1 heterocycles. The van der Waals surface area contributed by atoms with Gasteiger partial charge in [0, 0.05) is 17.6 Å². The maximum Gasteiger partial charge on any atom is 0.244 e. The number of aliphatic hydroxyl groups excluding tert-OH is 1. The lowest BCUT2D eigenvalue weighted by atomic mass is 10.1. The van der Waals surface area contributed by atoms with Crippen molar-refractivity contribution in [1.82, 2.24) is 4.31 Å². The third-order valence-electron chi connectivity index (χ3n) is 3.38. The molecule has 0 amide bonds. The molecule has 1 N–H and O–H groups in total. The first-order chi connectivity index (χ1) is 9.36. The predicted molar refractivity (Wildman–Crippen MR) is 81.9 cm³/mol. The van der Waals surface area contributed by atoms with Gasteiger partial charge in [-0.2, -0.15) is 4.31 Å². The van der Waals surface area contributed by atoms with Crippen molar-refractivity contribution in [2.24, 2.45) is 0 Å². The Balaban J connectivity index is 2.49. The van der Waals surface area contributed by atoms with Crippen molar-refractivity contribution < 1.29 is 13.5 Å². The Morgan fingerprint density at radius 3 is 2.65 bits per heavy atom. The molecular weight excluding hydrogens is 342 g/mol. The van der Waals surface area contributed by atoms with E-state index in [2.05, 4.69) is 22.0 Å². The van der Waals surface area contributed by atoms with Crippen LogP contribution < -0.4 is 0 Å². The van der Waals surface area contributed by atoms with Gasteiger partial charge in [0.15, 0.2) is 0 Å². The summed E-state index contributed by atoms with van der Waals surface area (Å²) in [6, 6.07) is 3.32. The number of aryl methyl sites for hydroxylation is 1. The lowest BCUT2D eigenvalue weighted by Gasteiger charge is -2.26. The summed E-state index contributed by atoms with van der Waals surface area (Å²) in [6.07, 6.45) is 2.80. The Labute approximate surface area is 128 Å². The van der Waals surface area contributed by atoms with Crippen molar-refractivity contribution in [3.05, 3.63) is 39.4 Å². The van der Waals surface area contributed by atoms with E-state index in [1.165, 1.54) is 4.31 Å². The summed E-state index contributed by atoms with van der Waals surface area (Å²) in [4.78, 5) is 0.233. The Morgan fingerprint density at radius 2 is 2.05 bits per heavy atom. The summed E-state index contributed by atoms with van der Waals surface area (Å²) < 4.78 is 27.6. The molecule has 1 aliphatic rings. The van der Waals surface area contributed by atoms with E-state index in [1.54, 1.807) is 12.1 Å². The van der Waals surface area contributed by atoms with Gasteiger partial charge in [0.25, 0.3) is 0 Å². The monoisotopic (exact) mass is 359 g/mol. The number of nitrogens with zero attached hydrogens (tertiary/aromatic N) is 1. The van der Waals surface area contributed by atoms with Crippen molar-refractivity contribution >= 4 is 26.0 Å². The minimum atomic E-state index is -3.55. The predicted octanol–water partition coefficient (Wildman–Crippen LogP) is 2.59. The van der Waals surface area contributed by atoms with Crippen LogP contribution in [-0.2, 0) is 16.6 Å². The van der Waals surface area contributed by atoms with Crippen LogP contribution in [0.5, 0.6) is 0 Å². The van der Waals surface area contributed by atoms with Crippen LogP contribution in [0.2, 0.25) is 0 Å². The number of hydrogen-bond acceptors (Lipinski definition) is 3. The van der Waals surface area contributed by atoms with E-state index in [4.69, 9.17) is 0 Å². The standard InChI is InChI=1S/C14H18BrNO3S/c1-10-4-3-5-16(8-10)20(18,19)13-7-12(9-17)6-11(2)14(13)15/h4,6-7,17H,3,5,8-9H2,1-2H3. The van der Waals surface area contributed by atoms with E-state index < -0.39 is 10.0 Å². The van der Waals surface area contributed by atoms with Gasteiger partial charge in [-0.25, -0.2) is 8.42 Å². The summed E-state index contributed by atoms with van der Waals surface area (Å²) in [5, 5.41) is 9.26. The zero-order valence-corrected chi connectivity index (χ0v) is 14.0. The second kappa shape index (κ2) is 5.97. The number of rotatable bonds is 3. The van der Waals surface area contributed by atoms with E-state index in [0.29, 0.717) is 23.1 Å². The molecule has 0 aromatic heterocycles. The smallest absolute Gasteiger partial charge is 0.244 e. The number of benzene rings is 1. The Bertz CT molecular complexity index is 653. The molecule has 0 aliphatic carbocycles. The van der Waals surface area contributed by atoms with E-state index in [9.17, 15) is 13.5 Å². The van der Waals surface area contributed by atoms with Gasteiger partial charge in [-0.3, -0.25) is 0 Å².